The van der Waals surface area contributed by atoms with Crippen molar-refractivity contribution in [1.82, 2.24) is 4.90 Å². The molecular weight excluding hydrogens is 226 g/mol. The van der Waals surface area contributed by atoms with Crippen molar-refractivity contribution in [3.05, 3.63) is 27.1 Å². The monoisotopic (exact) mass is 243 g/mol. The molecule has 0 amide bonds. The fraction of sp³-hybridized carbons (Fsp3) is 0.600. The molecule has 90 valence electrons. The number of thiophene rings is 1. The third kappa shape index (κ3) is 2.78. The lowest BCUT2D eigenvalue weighted by atomic mass is 9.96. The maximum Gasteiger partial charge on any atom is 0.324 e. The predicted molar refractivity (Wildman–Crippen MR) is 65.8 cm³/mol. The highest BCUT2D eigenvalue weighted by atomic mass is 32.1. The lowest BCUT2D eigenvalue weighted by molar-refractivity contribution is -0.380. The SMILES string of the molecule is CN(C)C(C)(CN)Cc1ccc([N+](=O)[O-])s1. The van der Waals surface area contributed by atoms with Crippen LogP contribution in [0.2, 0.25) is 0 Å². The molecule has 16 heavy (non-hydrogen) atoms. The summed E-state index contributed by atoms with van der Waals surface area (Å²) in [7, 11) is 3.93. The van der Waals surface area contributed by atoms with Crippen LogP contribution < -0.4 is 5.73 Å². The minimum Gasteiger partial charge on any atom is -0.329 e. The third-order valence-corrected chi connectivity index (χ3v) is 3.94. The third-order valence-electron chi connectivity index (χ3n) is 2.90. The summed E-state index contributed by atoms with van der Waals surface area (Å²) in [4.78, 5) is 13.3. The van der Waals surface area contributed by atoms with E-state index >= 15 is 0 Å². The number of rotatable bonds is 5. The van der Waals surface area contributed by atoms with E-state index < -0.39 is 0 Å². The van der Waals surface area contributed by atoms with Gasteiger partial charge in [0.25, 0.3) is 0 Å². The number of nitrogens with two attached hydrogens (primary N) is 1. The van der Waals surface area contributed by atoms with Gasteiger partial charge in [0.1, 0.15) is 0 Å². The van der Waals surface area contributed by atoms with Gasteiger partial charge >= 0.3 is 5.00 Å². The van der Waals surface area contributed by atoms with E-state index in [0.717, 1.165) is 11.3 Å². The van der Waals surface area contributed by atoms with Gasteiger partial charge in [-0.3, -0.25) is 10.1 Å². The summed E-state index contributed by atoms with van der Waals surface area (Å²) in [6.45, 7) is 2.57. The number of nitro groups is 1. The van der Waals surface area contributed by atoms with Crippen LogP contribution in [0.25, 0.3) is 0 Å². The molecule has 0 fully saturated rings. The molecule has 0 aliphatic carbocycles. The summed E-state index contributed by atoms with van der Waals surface area (Å²) in [6, 6.07) is 3.35. The maximum atomic E-state index is 10.6. The predicted octanol–water partition coefficient (Wildman–Crippen LogP) is 1.48. The molecule has 6 heteroatoms. The van der Waals surface area contributed by atoms with Gasteiger partial charge in [0, 0.05) is 29.4 Å². The van der Waals surface area contributed by atoms with E-state index in [-0.39, 0.29) is 15.5 Å². The van der Waals surface area contributed by atoms with Gasteiger partial charge in [-0.1, -0.05) is 11.3 Å². The molecule has 1 heterocycles. The highest BCUT2D eigenvalue weighted by Gasteiger charge is 2.26. The molecule has 1 atom stereocenters. The first-order valence-corrected chi connectivity index (χ1v) is 5.81. The second-order valence-corrected chi connectivity index (χ2v) is 5.42. The van der Waals surface area contributed by atoms with Crippen LogP contribution in [0.5, 0.6) is 0 Å². The number of hydrogen-bond donors (Lipinski definition) is 1. The first-order chi connectivity index (χ1) is 7.39. The molecule has 0 aliphatic heterocycles. The minimum absolute atomic E-state index is 0.154. The molecule has 0 saturated carbocycles. The Kier molecular flexibility index (Phi) is 4.01. The molecule has 1 unspecified atom stereocenters. The molecule has 0 saturated heterocycles. The van der Waals surface area contributed by atoms with E-state index in [9.17, 15) is 10.1 Å². The van der Waals surface area contributed by atoms with Gasteiger partial charge in [-0.25, -0.2) is 0 Å². The van der Waals surface area contributed by atoms with Crippen molar-refractivity contribution in [3.63, 3.8) is 0 Å². The summed E-state index contributed by atoms with van der Waals surface area (Å²) in [5, 5.41) is 10.8. The normalized spacial score (nSPS) is 15.1. The molecule has 1 rings (SSSR count). The van der Waals surface area contributed by atoms with Crippen molar-refractivity contribution >= 4 is 16.3 Å². The highest BCUT2D eigenvalue weighted by molar-refractivity contribution is 7.15. The lowest BCUT2D eigenvalue weighted by Crippen LogP contribution is -2.49. The first-order valence-electron chi connectivity index (χ1n) is 4.99. The molecule has 0 aromatic carbocycles. The van der Waals surface area contributed by atoms with Crippen LogP contribution >= 0.6 is 11.3 Å². The summed E-state index contributed by atoms with van der Waals surface area (Å²) < 4.78 is 0. The van der Waals surface area contributed by atoms with E-state index in [1.807, 2.05) is 14.1 Å². The first kappa shape index (κ1) is 13.1. The highest BCUT2D eigenvalue weighted by Crippen LogP contribution is 2.28. The second-order valence-electron chi connectivity index (χ2n) is 4.27. The van der Waals surface area contributed by atoms with Crippen LogP contribution in [0.4, 0.5) is 5.00 Å². The quantitative estimate of drug-likeness (QED) is 0.628. The Balaban J connectivity index is 2.82. The van der Waals surface area contributed by atoms with Crippen LogP contribution in [0, 0.1) is 10.1 Å². The van der Waals surface area contributed by atoms with Crippen molar-refractivity contribution < 1.29 is 4.92 Å². The van der Waals surface area contributed by atoms with Crippen LogP contribution in [0.1, 0.15) is 11.8 Å². The van der Waals surface area contributed by atoms with Crippen molar-refractivity contribution in [2.75, 3.05) is 20.6 Å². The van der Waals surface area contributed by atoms with Crippen LogP contribution in [0.3, 0.4) is 0 Å². The Morgan fingerprint density at radius 2 is 2.19 bits per heavy atom. The smallest absolute Gasteiger partial charge is 0.324 e. The van der Waals surface area contributed by atoms with E-state index in [0.29, 0.717) is 6.54 Å². The number of nitrogens with zero attached hydrogens (tertiary/aromatic N) is 2. The standard InChI is InChI=1S/C10H17N3O2S/c1-10(7-11,12(2)3)6-8-4-5-9(16-8)13(14)15/h4-5H,6-7,11H2,1-3H3. The zero-order valence-electron chi connectivity index (χ0n) is 9.77. The number of hydrogen-bond acceptors (Lipinski definition) is 5. The molecule has 0 aliphatic rings. The molecular formula is C10H17N3O2S. The van der Waals surface area contributed by atoms with Gasteiger partial charge in [0.15, 0.2) is 0 Å². The molecule has 1 aromatic rings. The van der Waals surface area contributed by atoms with Gasteiger partial charge in [-0.05, 0) is 27.1 Å². The topological polar surface area (TPSA) is 72.4 Å². The van der Waals surface area contributed by atoms with E-state index in [1.165, 1.54) is 11.3 Å². The van der Waals surface area contributed by atoms with E-state index in [2.05, 4.69) is 11.8 Å². The van der Waals surface area contributed by atoms with Gasteiger partial charge in [-0.15, -0.1) is 0 Å². The zero-order chi connectivity index (χ0) is 12.3. The molecule has 1 aromatic heterocycles. The average Bonchev–Trinajstić information content (AvgIpc) is 2.65. The Hall–Kier alpha value is -0.980. The Labute approximate surface area is 99.0 Å². The van der Waals surface area contributed by atoms with Crippen molar-refractivity contribution in [1.29, 1.82) is 0 Å². The summed E-state index contributed by atoms with van der Waals surface area (Å²) in [5.74, 6) is 0. The number of likely N-dealkylation sites (N-methyl/N-ethyl adjacent to an activating group) is 1. The maximum absolute atomic E-state index is 10.6. The Bertz CT molecular complexity index is 378. The van der Waals surface area contributed by atoms with Crippen LogP contribution in [0.15, 0.2) is 12.1 Å². The van der Waals surface area contributed by atoms with Gasteiger partial charge in [-0.2, -0.15) is 0 Å². The lowest BCUT2D eigenvalue weighted by Gasteiger charge is -2.35. The summed E-state index contributed by atoms with van der Waals surface area (Å²) in [5.41, 5.74) is 5.60. The Morgan fingerprint density at radius 1 is 1.56 bits per heavy atom. The summed E-state index contributed by atoms with van der Waals surface area (Å²) in [6.07, 6.45) is 0.731. The molecule has 5 nitrogen and oxygen atoms in total. The molecule has 0 bridgehead atoms. The van der Waals surface area contributed by atoms with Gasteiger partial charge in [0.05, 0.1) is 4.92 Å². The van der Waals surface area contributed by atoms with Crippen LogP contribution in [-0.4, -0.2) is 36.0 Å². The second kappa shape index (κ2) is 4.90. The van der Waals surface area contributed by atoms with Crippen molar-refractivity contribution in [3.8, 4) is 0 Å². The average molecular weight is 243 g/mol. The van der Waals surface area contributed by atoms with Gasteiger partial charge in [0.2, 0.25) is 0 Å². The fourth-order valence-electron chi connectivity index (χ4n) is 1.35. The largest absolute Gasteiger partial charge is 0.329 e. The van der Waals surface area contributed by atoms with E-state index in [1.54, 1.807) is 12.1 Å². The van der Waals surface area contributed by atoms with Crippen molar-refractivity contribution in [2.45, 2.75) is 18.9 Å². The van der Waals surface area contributed by atoms with Gasteiger partial charge < -0.3 is 10.6 Å². The van der Waals surface area contributed by atoms with E-state index in [4.69, 9.17) is 5.73 Å². The molecule has 2 N–H and O–H groups in total. The van der Waals surface area contributed by atoms with Crippen molar-refractivity contribution in [2.24, 2.45) is 5.73 Å². The minimum atomic E-state index is -0.358. The Morgan fingerprint density at radius 3 is 2.56 bits per heavy atom. The zero-order valence-corrected chi connectivity index (χ0v) is 10.6. The fourth-order valence-corrected chi connectivity index (χ4v) is 2.35. The summed E-state index contributed by atoms with van der Waals surface area (Å²) >= 11 is 1.22. The molecule has 0 radical (unpaired) electrons. The molecule has 0 spiro atoms. The van der Waals surface area contributed by atoms with Crippen LogP contribution in [-0.2, 0) is 6.42 Å².